The SMILES string of the molecule is CCCC(N)C(=O)NC1CCc2nnc(C(C)C)n2C1. The Hall–Kier alpha value is -1.43. The molecule has 2 rings (SSSR count). The molecule has 6 heteroatoms. The second kappa shape index (κ2) is 6.35. The van der Waals surface area contributed by atoms with E-state index in [0.29, 0.717) is 5.92 Å². The van der Waals surface area contributed by atoms with E-state index < -0.39 is 6.04 Å². The first-order valence-electron chi connectivity index (χ1n) is 7.50. The van der Waals surface area contributed by atoms with Crippen LogP contribution in [-0.2, 0) is 17.8 Å². The van der Waals surface area contributed by atoms with Gasteiger partial charge in [0.2, 0.25) is 5.91 Å². The molecule has 112 valence electrons. The number of amides is 1. The Bertz CT molecular complexity index is 468. The van der Waals surface area contributed by atoms with E-state index in [-0.39, 0.29) is 11.9 Å². The zero-order chi connectivity index (χ0) is 14.7. The van der Waals surface area contributed by atoms with Crippen LogP contribution in [0.25, 0.3) is 0 Å². The summed E-state index contributed by atoms with van der Waals surface area (Å²) in [6.07, 6.45) is 3.41. The number of nitrogens with zero attached hydrogens (tertiary/aromatic N) is 3. The Morgan fingerprint density at radius 2 is 2.25 bits per heavy atom. The zero-order valence-electron chi connectivity index (χ0n) is 12.6. The smallest absolute Gasteiger partial charge is 0.237 e. The summed E-state index contributed by atoms with van der Waals surface area (Å²) in [6.45, 7) is 7.00. The molecule has 1 aliphatic heterocycles. The van der Waals surface area contributed by atoms with Crippen LogP contribution in [0.3, 0.4) is 0 Å². The third-order valence-electron chi connectivity index (χ3n) is 3.77. The molecule has 0 bridgehead atoms. The fourth-order valence-electron chi connectivity index (χ4n) is 2.64. The van der Waals surface area contributed by atoms with Crippen molar-refractivity contribution in [2.75, 3.05) is 0 Å². The second-order valence-electron chi connectivity index (χ2n) is 5.88. The van der Waals surface area contributed by atoms with Gasteiger partial charge in [-0.15, -0.1) is 10.2 Å². The van der Waals surface area contributed by atoms with Crippen molar-refractivity contribution in [2.45, 2.75) is 71.0 Å². The molecule has 20 heavy (non-hydrogen) atoms. The zero-order valence-corrected chi connectivity index (χ0v) is 12.6. The maximum Gasteiger partial charge on any atom is 0.237 e. The van der Waals surface area contributed by atoms with E-state index in [1.807, 2.05) is 6.92 Å². The van der Waals surface area contributed by atoms with E-state index in [1.165, 1.54) is 0 Å². The van der Waals surface area contributed by atoms with Gasteiger partial charge < -0.3 is 15.6 Å². The lowest BCUT2D eigenvalue weighted by molar-refractivity contribution is -0.123. The molecular weight excluding hydrogens is 254 g/mol. The minimum absolute atomic E-state index is 0.0422. The monoisotopic (exact) mass is 279 g/mol. The van der Waals surface area contributed by atoms with Crippen LogP contribution in [0, 0.1) is 0 Å². The molecule has 0 aliphatic carbocycles. The number of carbonyl (C=O) groups excluding carboxylic acids is 1. The number of fused-ring (bicyclic) bond motifs is 1. The quantitative estimate of drug-likeness (QED) is 0.840. The second-order valence-corrected chi connectivity index (χ2v) is 5.88. The molecule has 0 spiro atoms. The Morgan fingerprint density at radius 3 is 2.90 bits per heavy atom. The van der Waals surface area contributed by atoms with Crippen molar-refractivity contribution in [2.24, 2.45) is 5.73 Å². The lowest BCUT2D eigenvalue weighted by Gasteiger charge is -2.27. The molecule has 6 nitrogen and oxygen atoms in total. The number of rotatable bonds is 5. The topological polar surface area (TPSA) is 85.8 Å². The molecule has 0 radical (unpaired) electrons. The van der Waals surface area contributed by atoms with Crippen LogP contribution >= 0.6 is 0 Å². The number of nitrogens with two attached hydrogens (primary N) is 1. The highest BCUT2D eigenvalue weighted by Crippen LogP contribution is 2.20. The van der Waals surface area contributed by atoms with Crippen molar-refractivity contribution in [1.82, 2.24) is 20.1 Å². The van der Waals surface area contributed by atoms with Gasteiger partial charge in [-0.2, -0.15) is 0 Å². The number of hydrogen-bond acceptors (Lipinski definition) is 4. The molecule has 1 amide bonds. The largest absolute Gasteiger partial charge is 0.350 e. The van der Waals surface area contributed by atoms with Gasteiger partial charge in [0.1, 0.15) is 11.6 Å². The number of carbonyl (C=O) groups is 1. The summed E-state index contributed by atoms with van der Waals surface area (Å²) in [4.78, 5) is 12.0. The number of nitrogens with one attached hydrogen (secondary N) is 1. The number of aryl methyl sites for hydroxylation is 1. The normalized spacial score (nSPS) is 19.8. The molecule has 3 N–H and O–H groups in total. The lowest BCUT2D eigenvalue weighted by Crippen LogP contribution is -2.48. The maximum atomic E-state index is 12.0. The highest BCUT2D eigenvalue weighted by molar-refractivity contribution is 5.81. The molecule has 2 atom stereocenters. The van der Waals surface area contributed by atoms with Gasteiger partial charge in [0, 0.05) is 24.9 Å². The Kier molecular flexibility index (Phi) is 4.75. The minimum Gasteiger partial charge on any atom is -0.350 e. The molecule has 1 aromatic heterocycles. The molecule has 1 aromatic rings. The van der Waals surface area contributed by atoms with Crippen LogP contribution in [0.1, 0.15) is 57.6 Å². The number of aromatic nitrogens is 3. The van der Waals surface area contributed by atoms with Gasteiger partial charge in [-0.1, -0.05) is 27.2 Å². The van der Waals surface area contributed by atoms with Gasteiger partial charge in [0.15, 0.2) is 0 Å². The van der Waals surface area contributed by atoms with Crippen molar-refractivity contribution in [1.29, 1.82) is 0 Å². The van der Waals surface area contributed by atoms with Crippen molar-refractivity contribution >= 4 is 5.91 Å². The van der Waals surface area contributed by atoms with Crippen LogP contribution in [-0.4, -0.2) is 32.8 Å². The van der Waals surface area contributed by atoms with Crippen LogP contribution in [0.15, 0.2) is 0 Å². The van der Waals surface area contributed by atoms with Crippen LogP contribution in [0.2, 0.25) is 0 Å². The van der Waals surface area contributed by atoms with Crippen molar-refractivity contribution < 1.29 is 4.79 Å². The van der Waals surface area contributed by atoms with Crippen LogP contribution in [0.5, 0.6) is 0 Å². The Morgan fingerprint density at radius 1 is 1.50 bits per heavy atom. The first kappa shape index (κ1) is 15.0. The van der Waals surface area contributed by atoms with Crippen molar-refractivity contribution in [3.05, 3.63) is 11.6 Å². The fourth-order valence-corrected chi connectivity index (χ4v) is 2.64. The molecule has 2 unspecified atom stereocenters. The molecule has 0 saturated heterocycles. The molecule has 0 saturated carbocycles. The third kappa shape index (κ3) is 3.17. The van der Waals surface area contributed by atoms with E-state index in [9.17, 15) is 4.79 Å². The van der Waals surface area contributed by atoms with E-state index in [4.69, 9.17) is 5.73 Å². The summed E-state index contributed by atoms with van der Waals surface area (Å²) in [6, 6.07) is -0.265. The van der Waals surface area contributed by atoms with Gasteiger partial charge in [-0.3, -0.25) is 4.79 Å². The van der Waals surface area contributed by atoms with E-state index >= 15 is 0 Å². The van der Waals surface area contributed by atoms with Crippen LogP contribution < -0.4 is 11.1 Å². The number of hydrogen-bond donors (Lipinski definition) is 2. The average Bonchev–Trinajstić information content (AvgIpc) is 2.82. The summed E-state index contributed by atoms with van der Waals surface area (Å²) in [5.41, 5.74) is 5.85. The average molecular weight is 279 g/mol. The molecule has 1 aliphatic rings. The summed E-state index contributed by atoms with van der Waals surface area (Å²) < 4.78 is 2.14. The highest BCUT2D eigenvalue weighted by atomic mass is 16.2. The van der Waals surface area contributed by atoms with Crippen LogP contribution in [0.4, 0.5) is 0 Å². The fraction of sp³-hybridized carbons (Fsp3) is 0.786. The highest BCUT2D eigenvalue weighted by Gasteiger charge is 2.26. The first-order valence-corrected chi connectivity index (χ1v) is 7.50. The summed E-state index contributed by atoms with van der Waals surface area (Å²) in [5, 5.41) is 11.5. The molecular formula is C14H25N5O. The Labute approximate surface area is 120 Å². The van der Waals surface area contributed by atoms with Crippen molar-refractivity contribution in [3.8, 4) is 0 Å². The van der Waals surface area contributed by atoms with Gasteiger partial charge >= 0.3 is 0 Å². The van der Waals surface area contributed by atoms with Gasteiger partial charge in [0.05, 0.1) is 6.04 Å². The standard InChI is InChI=1S/C14H25N5O/c1-4-5-11(15)14(20)16-10-6-7-12-17-18-13(9(2)3)19(12)8-10/h9-11H,4-8,15H2,1-3H3,(H,16,20). The molecule has 0 aromatic carbocycles. The molecule has 0 fully saturated rings. The summed E-state index contributed by atoms with van der Waals surface area (Å²) in [7, 11) is 0. The first-order chi connectivity index (χ1) is 9.52. The Balaban J connectivity index is 2.00. The van der Waals surface area contributed by atoms with E-state index in [2.05, 4.69) is 33.9 Å². The molecule has 2 heterocycles. The predicted octanol–water partition coefficient (Wildman–Crippen LogP) is 0.960. The van der Waals surface area contributed by atoms with E-state index in [0.717, 1.165) is 43.9 Å². The maximum absolute atomic E-state index is 12.0. The third-order valence-corrected chi connectivity index (χ3v) is 3.77. The van der Waals surface area contributed by atoms with Gasteiger partial charge in [-0.05, 0) is 12.8 Å². The minimum atomic E-state index is -0.396. The summed E-state index contributed by atoms with van der Waals surface area (Å²) >= 11 is 0. The van der Waals surface area contributed by atoms with Gasteiger partial charge in [0.25, 0.3) is 0 Å². The van der Waals surface area contributed by atoms with Crippen molar-refractivity contribution in [3.63, 3.8) is 0 Å². The summed E-state index contributed by atoms with van der Waals surface area (Å²) in [5.74, 6) is 2.32. The van der Waals surface area contributed by atoms with Gasteiger partial charge in [-0.25, -0.2) is 0 Å². The predicted molar refractivity (Wildman–Crippen MR) is 77.2 cm³/mol. The van der Waals surface area contributed by atoms with E-state index in [1.54, 1.807) is 0 Å². The lowest BCUT2D eigenvalue weighted by atomic mass is 10.0.